The second-order valence-corrected chi connectivity index (χ2v) is 3.79. The van der Waals surface area contributed by atoms with Crippen LogP contribution in [0, 0.1) is 17.5 Å². The fraction of sp³-hybridized carbons (Fsp3) is 0.455. The molecule has 0 atom stereocenters. The molecule has 0 radical (unpaired) electrons. The second kappa shape index (κ2) is 5.48. The third kappa shape index (κ3) is 3.18. The molecule has 0 unspecified atom stereocenters. The van der Waals surface area contributed by atoms with E-state index in [1.54, 1.807) is 0 Å². The van der Waals surface area contributed by atoms with Crippen LogP contribution in [0.2, 0.25) is 0 Å². The Morgan fingerprint density at radius 1 is 1.06 bits per heavy atom. The molecular formula is C11H13F3N2O. The van der Waals surface area contributed by atoms with Gasteiger partial charge in [0.2, 0.25) is 0 Å². The van der Waals surface area contributed by atoms with Crippen LogP contribution in [-0.4, -0.2) is 31.3 Å². The highest BCUT2D eigenvalue weighted by atomic mass is 19.2. The monoisotopic (exact) mass is 246 g/mol. The largest absolute Gasteiger partial charge is 0.379 e. The van der Waals surface area contributed by atoms with Crippen LogP contribution in [-0.2, 0) is 11.3 Å². The van der Waals surface area contributed by atoms with Crippen LogP contribution in [0.15, 0.2) is 12.1 Å². The Bertz CT molecular complexity index is 395. The summed E-state index contributed by atoms with van der Waals surface area (Å²) in [6.45, 7) is 2.71. The number of halogens is 3. The average Bonchev–Trinajstić information content (AvgIpc) is 2.33. The number of nitrogens with zero attached hydrogens (tertiary/aromatic N) is 1. The molecule has 17 heavy (non-hydrogen) atoms. The number of ether oxygens (including phenoxy) is 1. The maximum Gasteiger partial charge on any atom is 0.161 e. The maximum absolute atomic E-state index is 13.3. The van der Waals surface area contributed by atoms with Crippen LogP contribution in [0.1, 0.15) is 5.56 Å². The van der Waals surface area contributed by atoms with Gasteiger partial charge in [0.1, 0.15) is 5.82 Å². The standard InChI is InChI=1S/C11H13F3N2O/c12-9-6-11(14)10(13)5-8(9)7-15-16-1-3-17-4-2-16/h5-6,15H,1-4,7H2. The molecule has 1 saturated heterocycles. The summed E-state index contributed by atoms with van der Waals surface area (Å²) in [6.07, 6.45) is 0. The van der Waals surface area contributed by atoms with E-state index in [1.165, 1.54) is 0 Å². The molecule has 0 aliphatic carbocycles. The van der Waals surface area contributed by atoms with Crippen molar-refractivity contribution < 1.29 is 17.9 Å². The first-order valence-corrected chi connectivity index (χ1v) is 5.36. The number of hydrogen-bond donors (Lipinski definition) is 1. The molecule has 1 fully saturated rings. The van der Waals surface area contributed by atoms with Crippen LogP contribution in [0.5, 0.6) is 0 Å². The quantitative estimate of drug-likeness (QED) is 0.817. The molecule has 3 nitrogen and oxygen atoms in total. The van der Waals surface area contributed by atoms with Crippen molar-refractivity contribution in [2.24, 2.45) is 0 Å². The fourth-order valence-electron chi connectivity index (χ4n) is 1.62. The first-order chi connectivity index (χ1) is 8.16. The summed E-state index contributed by atoms with van der Waals surface area (Å²) in [5.74, 6) is -2.95. The Balaban J connectivity index is 1.96. The van der Waals surface area contributed by atoms with E-state index >= 15 is 0 Å². The fourth-order valence-corrected chi connectivity index (χ4v) is 1.62. The van der Waals surface area contributed by atoms with Gasteiger partial charge in [-0.1, -0.05) is 0 Å². The lowest BCUT2D eigenvalue weighted by molar-refractivity contribution is 0.0104. The van der Waals surface area contributed by atoms with E-state index in [2.05, 4.69) is 5.43 Å². The summed E-state index contributed by atoms with van der Waals surface area (Å²) in [4.78, 5) is 0. The maximum atomic E-state index is 13.3. The highest BCUT2D eigenvalue weighted by Crippen LogP contribution is 2.13. The molecule has 1 aliphatic heterocycles. The summed E-state index contributed by atoms with van der Waals surface area (Å²) in [5.41, 5.74) is 3.06. The molecule has 1 aliphatic rings. The number of nitrogens with one attached hydrogen (secondary N) is 1. The highest BCUT2D eigenvalue weighted by Gasteiger charge is 2.13. The van der Waals surface area contributed by atoms with Crippen molar-refractivity contribution in [2.75, 3.05) is 26.3 Å². The summed E-state index contributed by atoms with van der Waals surface area (Å²) in [7, 11) is 0. The van der Waals surface area contributed by atoms with E-state index in [0.717, 1.165) is 6.07 Å². The number of rotatable bonds is 3. The van der Waals surface area contributed by atoms with E-state index in [9.17, 15) is 13.2 Å². The van der Waals surface area contributed by atoms with Gasteiger partial charge in [0, 0.05) is 31.3 Å². The number of benzene rings is 1. The molecule has 1 aromatic rings. The Hall–Kier alpha value is -1.11. The SMILES string of the molecule is Fc1cc(F)c(CNN2CCOCC2)cc1F. The molecule has 1 heterocycles. The number of morpholine rings is 1. The Kier molecular flexibility index (Phi) is 3.98. The molecule has 94 valence electrons. The van der Waals surface area contributed by atoms with Gasteiger partial charge in [-0.05, 0) is 6.07 Å². The second-order valence-electron chi connectivity index (χ2n) is 3.79. The smallest absolute Gasteiger partial charge is 0.161 e. The lowest BCUT2D eigenvalue weighted by Gasteiger charge is -2.27. The minimum Gasteiger partial charge on any atom is -0.379 e. The Morgan fingerprint density at radius 3 is 2.41 bits per heavy atom. The molecular weight excluding hydrogens is 233 g/mol. The minimum absolute atomic E-state index is 0.107. The van der Waals surface area contributed by atoms with Crippen LogP contribution >= 0.6 is 0 Å². The van der Waals surface area contributed by atoms with Crippen molar-refractivity contribution in [3.05, 3.63) is 35.1 Å². The van der Waals surface area contributed by atoms with Gasteiger partial charge in [-0.25, -0.2) is 18.2 Å². The minimum atomic E-state index is -1.17. The Labute approximate surface area is 97.1 Å². The molecule has 1 N–H and O–H groups in total. The predicted molar refractivity (Wildman–Crippen MR) is 55.5 cm³/mol. The van der Waals surface area contributed by atoms with Gasteiger partial charge >= 0.3 is 0 Å². The predicted octanol–water partition coefficient (Wildman–Crippen LogP) is 1.44. The van der Waals surface area contributed by atoms with Gasteiger partial charge in [0.25, 0.3) is 0 Å². The lowest BCUT2D eigenvalue weighted by atomic mass is 10.2. The highest BCUT2D eigenvalue weighted by molar-refractivity contribution is 5.19. The van der Waals surface area contributed by atoms with Gasteiger partial charge in [-0.2, -0.15) is 0 Å². The first kappa shape index (κ1) is 12.3. The van der Waals surface area contributed by atoms with Gasteiger partial charge in [0.15, 0.2) is 11.6 Å². The molecule has 1 aromatic carbocycles. The average molecular weight is 246 g/mol. The normalized spacial score (nSPS) is 17.4. The lowest BCUT2D eigenvalue weighted by Crippen LogP contribution is -2.45. The zero-order valence-electron chi connectivity index (χ0n) is 9.18. The van der Waals surface area contributed by atoms with E-state index in [-0.39, 0.29) is 12.1 Å². The number of hydrogen-bond acceptors (Lipinski definition) is 3. The molecule has 0 aromatic heterocycles. The van der Waals surface area contributed by atoms with Crippen LogP contribution in [0.4, 0.5) is 13.2 Å². The topological polar surface area (TPSA) is 24.5 Å². The molecule has 0 spiro atoms. The van der Waals surface area contributed by atoms with Gasteiger partial charge in [-0.15, -0.1) is 0 Å². The molecule has 0 amide bonds. The van der Waals surface area contributed by atoms with Gasteiger partial charge in [0.05, 0.1) is 13.2 Å². The van der Waals surface area contributed by atoms with Gasteiger partial charge < -0.3 is 4.74 Å². The molecule has 0 saturated carbocycles. The third-order valence-electron chi connectivity index (χ3n) is 2.59. The van der Waals surface area contributed by atoms with Gasteiger partial charge in [-0.3, -0.25) is 5.43 Å². The zero-order chi connectivity index (χ0) is 12.3. The molecule has 0 bridgehead atoms. The van der Waals surface area contributed by atoms with Crippen molar-refractivity contribution >= 4 is 0 Å². The van der Waals surface area contributed by atoms with E-state index < -0.39 is 17.5 Å². The van der Waals surface area contributed by atoms with Crippen molar-refractivity contribution in [3.63, 3.8) is 0 Å². The van der Waals surface area contributed by atoms with E-state index in [0.29, 0.717) is 32.4 Å². The van der Waals surface area contributed by atoms with E-state index in [4.69, 9.17) is 4.74 Å². The summed E-state index contributed by atoms with van der Waals surface area (Å²) < 4.78 is 44.1. The summed E-state index contributed by atoms with van der Waals surface area (Å²) >= 11 is 0. The first-order valence-electron chi connectivity index (χ1n) is 5.36. The van der Waals surface area contributed by atoms with Crippen LogP contribution in [0.3, 0.4) is 0 Å². The van der Waals surface area contributed by atoms with Crippen LogP contribution in [0.25, 0.3) is 0 Å². The Morgan fingerprint density at radius 2 is 1.71 bits per heavy atom. The van der Waals surface area contributed by atoms with Crippen molar-refractivity contribution in [2.45, 2.75) is 6.54 Å². The number of hydrazine groups is 1. The molecule has 2 rings (SSSR count). The summed E-state index contributed by atoms with van der Waals surface area (Å²) in [6, 6.07) is 1.43. The third-order valence-corrected chi connectivity index (χ3v) is 2.59. The molecule has 6 heteroatoms. The summed E-state index contributed by atoms with van der Waals surface area (Å²) in [5, 5.41) is 1.87. The van der Waals surface area contributed by atoms with Crippen LogP contribution < -0.4 is 5.43 Å². The van der Waals surface area contributed by atoms with Crippen molar-refractivity contribution in [1.29, 1.82) is 0 Å². The van der Waals surface area contributed by atoms with Crippen molar-refractivity contribution in [1.82, 2.24) is 10.4 Å². The van der Waals surface area contributed by atoms with E-state index in [1.807, 2.05) is 5.01 Å². The van der Waals surface area contributed by atoms with Crippen molar-refractivity contribution in [3.8, 4) is 0 Å². The zero-order valence-corrected chi connectivity index (χ0v) is 9.18.